The summed E-state index contributed by atoms with van der Waals surface area (Å²) >= 11 is 0. The Labute approximate surface area is 165 Å². The van der Waals surface area contributed by atoms with E-state index in [1.807, 2.05) is 30.3 Å². The first kappa shape index (κ1) is 18.6. The smallest absolute Gasteiger partial charge is 0.261 e. The Morgan fingerprint density at radius 1 is 0.857 bits per heavy atom. The van der Waals surface area contributed by atoms with Crippen molar-refractivity contribution in [2.24, 2.45) is 0 Å². The second kappa shape index (κ2) is 7.72. The third kappa shape index (κ3) is 4.07. The Bertz CT molecular complexity index is 1070. The molecule has 0 atom stereocenters. The SMILES string of the molecule is COc1ccc2cc(S(=O)(=O)Nc3ccc(OC4CCCC4)cc3)ccc2c1. The molecule has 0 unspecified atom stereocenters. The first-order valence-electron chi connectivity index (χ1n) is 9.41. The Hall–Kier alpha value is -2.73. The van der Waals surface area contributed by atoms with Crippen LogP contribution in [0.2, 0.25) is 0 Å². The quantitative estimate of drug-likeness (QED) is 0.638. The van der Waals surface area contributed by atoms with Crippen LogP contribution in [0, 0.1) is 0 Å². The molecular formula is C22H23NO4S. The number of hydrogen-bond donors (Lipinski definition) is 1. The molecule has 0 radical (unpaired) electrons. The second-order valence-electron chi connectivity index (χ2n) is 7.03. The predicted octanol–water partition coefficient (Wildman–Crippen LogP) is 4.97. The van der Waals surface area contributed by atoms with Crippen molar-refractivity contribution in [3.05, 3.63) is 60.7 Å². The van der Waals surface area contributed by atoms with Crippen LogP contribution in [-0.4, -0.2) is 21.6 Å². The summed E-state index contributed by atoms with van der Waals surface area (Å²) in [6.07, 6.45) is 4.87. The third-order valence-electron chi connectivity index (χ3n) is 5.04. The van der Waals surface area contributed by atoms with Gasteiger partial charge in [-0.2, -0.15) is 0 Å². The van der Waals surface area contributed by atoms with Crippen molar-refractivity contribution in [3.63, 3.8) is 0 Å². The van der Waals surface area contributed by atoms with Crippen molar-refractivity contribution in [1.29, 1.82) is 0 Å². The molecule has 6 heteroatoms. The lowest BCUT2D eigenvalue weighted by atomic mass is 10.1. The summed E-state index contributed by atoms with van der Waals surface area (Å²) in [5.41, 5.74) is 0.508. The second-order valence-corrected chi connectivity index (χ2v) is 8.71. The van der Waals surface area contributed by atoms with Gasteiger partial charge in [0.25, 0.3) is 10.0 Å². The van der Waals surface area contributed by atoms with Gasteiger partial charge < -0.3 is 9.47 Å². The van der Waals surface area contributed by atoms with E-state index in [-0.39, 0.29) is 11.0 Å². The molecule has 3 aromatic rings. The monoisotopic (exact) mass is 397 g/mol. The highest BCUT2D eigenvalue weighted by atomic mass is 32.2. The van der Waals surface area contributed by atoms with Gasteiger partial charge in [-0.15, -0.1) is 0 Å². The van der Waals surface area contributed by atoms with E-state index in [4.69, 9.17) is 9.47 Å². The highest BCUT2D eigenvalue weighted by Gasteiger charge is 2.17. The van der Waals surface area contributed by atoms with Crippen LogP contribution in [0.15, 0.2) is 65.6 Å². The molecule has 0 aliphatic heterocycles. The van der Waals surface area contributed by atoms with Crippen LogP contribution in [0.1, 0.15) is 25.7 Å². The van der Waals surface area contributed by atoms with Gasteiger partial charge in [0.05, 0.1) is 18.1 Å². The molecule has 1 aliphatic carbocycles. The predicted molar refractivity (Wildman–Crippen MR) is 111 cm³/mol. The lowest BCUT2D eigenvalue weighted by Crippen LogP contribution is -2.13. The van der Waals surface area contributed by atoms with Crippen molar-refractivity contribution in [2.45, 2.75) is 36.7 Å². The Balaban J connectivity index is 1.51. The van der Waals surface area contributed by atoms with Crippen LogP contribution in [0.4, 0.5) is 5.69 Å². The van der Waals surface area contributed by atoms with Crippen LogP contribution in [0.3, 0.4) is 0 Å². The van der Waals surface area contributed by atoms with Crippen LogP contribution in [-0.2, 0) is 10.0 Å². The van der Waals surface area contributed by atoms with Crippen molar-refractivity contribution in [1.82, 2.24) is 0 Å². The average Bonchev–Trinajstić information content (AvgIpc) is 3.21. The molecule has 0 heterocycles. The highest BCUT2D eigenvalue weighted by Crippen LogP contribution is 2.27. The van der Waals surface area contributed by atoms with Crippen LogP contribution in [0.5, 0.6) is 11.5 Å². The molecule has 1 aliphatic rings. The van der Waals surface area contributed by atoms with Gasteiger partial charge in [-0.3, -0.25) is 4.72 Å². The molecule has 28 heavy (non-hydrogen) atoms. The molecule has 0 spiro atoms. The molecule has 5 nitrogen and oxygen atoms in total. The summed E-state index contributed by atoms with van der Waals surface area (Å²) in [7, 11) is -2.07. The molecular weight excluding hydrogens is 374 g/mol. The Morgan fingerprint density at radius 3 is 2.21 bits per heavy atom. The van der Waals surface area contributed by atoms with Crippen LogP contribution >= 0.6 is 0 Å². The van der Waals surface area contributed by atoms with Gasteiger partial charge >= 0.3 is 0 Å². The molecule has 0 saturated heterocycles. The molecule has 1 fully saturated rings. The minimum Gasteiger partial charge on any atom is -0.497 e. The van der Waals surface area contributed by atoms with Crippen molar-refractivity contribution < 1.29 is 17.9 Å². The fourth-order valence-corrected chi connectivity index (χ4v) is 4.60. The molecule has 4 rings (SSSR count). The summed E-state index contributed by atoms with van der Waals surface area (Å²) in [5.74, 6) is 1.51. The minimum absolute atomic E-state index is 0.219. The van der Waals surface area contributed by atoms with E-state index in [9.17, 15) is 8.42 Å². The van der Waals surface area contributed by atoms with E-state index in [2.05, 4.69) is 4.72 Å². The third-order valence-corrected chi connectivity index (χ3v) is 6.42. The zero-order valence-electron chi connectivity index (χ0n) is 15.7. The number of anilines is 1. The van der Waals surface area contributed by atoms with Crippen molar-refractivity contribution in [3.8, 4) is 11.5 Å². The number of fused-ring (bicyclic) bond motifs is 1. The van der Waals surface area contributed by atoms with E-state index < -0.39 is 10.0 Å². The highest BCUT2D eigenvalue weighted by molar-refractivity contribution is 7.92. The van der Waals surface area contributed by atoms with E-state index in [1.165, 1.54) is 12.8 Å². The van der Waals surface area contributed by atoms with Gasteiger partial charge in [0.2, 0.25) is 0 Å². The molecule has 1 saturated carbocycles. The lowest BCUT2D eigenvalue weighted by molar-refractivity contribution is 0.210. The number of nitrogens with one attached hydrogen (secondary N) is 1. The molecule has 0 amide bonds. The summed E-state index contributed by atoms with van der Waals surface area (Å²) in [5, 5.41) is 1.76. The number of ether oxygens (including phenoxy) is 2. The fraction of sp³-hybridized carbons (Fsp3) is 0.273. The molecule has 3 aromatic carbocycles. The van der Waals surface area contributed by atoms with Gasteiger partial charge in [0.1, 0.15) is 11.5 Å². The number of methoxy groups -OCH3 is 1. The molecule has 146 valence electrons. The number of rotatable bonds is 6. The lowest BCUT2D eigenvalue weighted by Gasteiger charge is -2.14. The van der Waals surface area contributed by atoms with Gasteiger partial charge in [-0.1, -0.05) is 12.1 Å². The van der Waals surface area contributed by atoms with Crippen molar-refractivity contribution >= 4 is 26.5 Å². The molecule has 0 aromatic heterocycles. The standard InChI is InChI=1S/C22H23NO4S/c1-26-21-10-6-17-15-22(13-7-16(17)14-21)28(24,25)23-18-8-11-20(12-9-18)27-19-4-2-3-5-19/h6-15,19,23H,2-5H2,1H3. The van der Waals surface area contributed by atoms with E-state index in [0.717, 1.165) is 35.1 Å². The maximum atomic E-state index is 12.8. The van der Waals surface area contributed by atoms with Gasteiger partial charge in [0.15, 0.2) is 0 Å². The number of benzene rings is 3. The first-order chi connectivity index (χ1) is 13.5. The summed E-state index contributed by atoms with van der Waals surface area (Å²) in [6, 6.07) is 17.7. The van der Waals surface area contributed by atoms with Crippen LogP contribution in [0.25, 0.3) is 10.8 Å². The zero-order chi connectivity index (χ0) is 19.6. The topological polar surface area (TPSA) is 64.6 Å². The van der Waals surface area contributed by atoms with Crippen molar-refractivity contribution in [2.75, 3.05) is 11.8 Å². The van der Waals surface area contributed by atoms with Gasteiger partial charge in [0, 0.05) is 5.69 Å². The van der Waals surface area contributed by atoms with Gasteiger partial charge in [-0.25, -0.2) is 8.42 Å². The molecule has 0 bridgehead atoms. The van der Waals surface area contributed by atoms with E-state index in [0.29, 0.717) is 5.69 Å². The number of sulfonamides is 1. The first-order valence-corrected chi connectivity index (χ1v) is 10.9. The Kier molecular flexibility index (Phi) is 5.13. The molecule has 1 N–H and O–H groups in total. The minimum atomic E-state index is -3.68. The maximum Gasteiger partial charge on any atom is 0.261 e. The Morgan fingerprint density at radius 2 is 1.50 bits per heavy atom. The van der Waals surface area contributed by atoms with E-state index in [1.54, 1.807) is 37.4 Å². The largest absolute Gasteiger partial charge is 0.497 e. The van der Waals surface area contributed by atoms with Gasteiger partial charge in [-0.05, 0) is 85.0 Å². The van der Waals surface area contributed by atoms with Crippen LogP contribution < -0.4 is 14.2 Å². The van der Waals surface area contributed by atoms with E-state index >= 15 is 0 Å². The summed E-state index contributed by atoms with van der Waals surface area (Å²) < 4.78 is 39.3. The summed E-state index contributed by atoms with van der Waals surface area (Å²) in [6.45, 7) is 0. The maximum absolute atomic E-state index is 12.8. The number of hydrogen-bond acceptors (Lipinski definition) is 4. The normalized spacial score (nSPS) is 14.9. The fourth-order valence-electron chi connectivity index (χ4n) is 3.51. The zero-order valence-corrected chi connectivity index (χ0v) is 16.5. The summed E-state index contributed by atoms with van der Waals surface area (Å²) in [4.78, 5) is 0.219. The average molecular weight is 397 g/mol.